The lowest BCUT2D eigenvalue weighted by Crippen LogP contribution is -2.47. The zero-order valence-corrected chi connectivity index (χ0v) is 12.6. The number of nitrogens with one attached hydrogen (secondary N) is 1. The number of piperidine rings is 1. The number of aryl methyl sites for hydroxylation is 1. The molecule has 1 atom stereocenters. The summed E-state index contributed by atoms with van der Waals surface area (Å²) in [6, 6.07) is 0. The summed E-state index contributed by atoms with van der Waals surface area (Å²) in [7, 11) is 0. The predicted molar refractivity (Wildman–Crippen MR) is 79.8 cm³/mol. The molecule has 4 nitrogen and oxygen atoms in total. The normalized spacial score (nSPS) is 27.6. The van der Waals surface area contributed by atoms with Gasteiger partial charge < -0.3 is 10.1 Å². The Morgan fingerprint density at radius 1 is 1.35 bits per heavy atom. The molecule has 1 aromatic rings. The van der Waals surface area contributed by atoms with Crippen LogP contribution < -0.4 is 0 Å². The number of imidazole rings is 1. The van der Waals surface area contributed by atoms with Crippen LogP contribution in [0.3, 0.4) is 0 Å². The van der Waals surface area contributed by atoms with Crippen molar-refractivity contribution >= 4 is 0 Å². The van der Waals surface area contributed by atoms with Crippen LogP contribution in [0.15, 0.2) is 6.20 Å². The van der Waals surface area contributed by atoms with E-state index in [1.165, 1.54) is 32.1 Å². The molecular formula is C16H27N3O. The Morgan fingerprint density at radius 2 is 2.15 bits per heavy atom. The third-order valence-corrected chi connectivity index (χ3v) is 4.92. The minimum absolute atomic E-state index is 0.431. The molecule has 1 aliphatic heterocycles. The zero-order chi connectivity index (χ0) is 14.0. The SMILES string of the molecule is Cc1cnc([C@@H]2CCCN(CC3(O)CCCCC3)C2)[nH]1. The van der Waals surface area contributed by atoms with E-state index in [1.807, 2.05) is 6.20 Å². The van der Waals surface area contributed by atoms with Crippen molar-refractivity contribution in [2.45, 2.75) is 63.4 Å². The second-order valence-corrected chi connectivity index (χ2v) is 6.81. The van der Waals surface area contributed by atoms with E-state index in [1.54, 1.807) is 0 Å². The molecule has 112 valence electrons. The van der Waals surface area contributed by atoms with Gasteiger partial charge in [-0.25, -0.2) is 4.98 Å². The highest BCUT2D eigenvalue weighted by Gasteiger charge is 2.33. The third kappa shape index (κ3) is 3.23. The molecule has 0 aromatic carbocycles. The van der Waals surface area contributed by atoms with E-state index in [-0.39, 0.29) is 0 Å². The van der Waals surface area contributed by atoms with Gasteiger partial charge in [-0.1, -0.05) is 19.3 Å². The number of aliphatic hydroxyl groups is 1. The number of rotatable bonds is 3. The Bertz CT molecular complexity index is 437. The number of hydrogen-bond acceptors (Lipinski definition) is 3. The highest BCUT2D eigenvalue weighted by atomic mass is 16.3. The molecule has 0 unspecified atom stereocenters. The molecule has 0 bridgehead atoms. The first-order chi connectivity index (χ1) is 9.65. The van der Waals surface area contributed by atoms with Crippen LogP contribution in [-0.2, 0) is 0 Å². The fourth-order valence-electron chi connectivity index (χ4n) is 3.85. The molecule has 1 saturated heterocycles. The molecule has 0 spiro atoms. The van der Waals surface area contributed by atoms with E-state index < -0.39 is 5.60 Å². The first-order valence-corrected chi connectivity index (χ1v) is 8.11. The molecule has 2 heterocycles. The summed E-state index contributed by atoms with van der Waals surface area (Å²) in [6.07, 6.45) is 9.96. The van der Waals surface area contributed by atoms with Crippen LogP contribution in [0.5, 0.6) is 0 Å². The highest BCUT2D eigenvalue weighted by Crippen LogP contribution is 2.31. The number of β-amino-alcohol motifs (C(OH)–C–C–N with tert-alkyl or cyclic N) is 1. The second-order valence-electron chi connectivity index (χ2n) is 6.81. The Labute approximate surface area is 121 Å². The van der Waals surface area contributed by atoms with Crippen molar-refractivity contribution in [1.29, 1.82) is 0 Å². The molecule has 0 amide bonds. The molecule has 1 saturated carbocycles. The van der Waals surface area contributed by atoms with E-state index in [2.05, 4.69) is 21.8 Å². The van der Waals surface area contributed by atoms with Crippen LogP contribution in [0.25, 0.3) is 0 Å². The van der Waals surface area contributed by atoms with Gasteiger partial charge in [0.25, 0.3) is 0 Å². The quantitative estimate of drug-likeness (QED) is 0.893. The van der Waals surface area contributed by atoms with Crippen molar-refractivity contribution in [1.82, 2.24) is 14.9 Å². The predicted octanol–water partition coefficient (Wildman–Crippen LogP) is 2.59. The van der Waals surface area contributed by atoms with Crippen LogP contribution in [0, 0.1) is 6.92 Å². The summed E-state index contributed by atoms with van der Waals surface area (Å²) in [6.45, 7) is 5.07. The summed E-state index contributed by atoms with van der Waals surface area (Å²) in [5, 5.41) is 10.7. The Hall–Kier alpha value is -0.870. The molecule has 3 rings (SSSR count). The molecule has 4 heteroatoms. The summed E-state index contributed by atoms with van der Waals surface area (Å²) >= 11 is 0. The average Bonchev–Trinajstić information content (AvgIpc) is 2.86. The summed E-state index contributed by atoms with van der Waals surface area (Å²) in [5.41, 5.74) is 0.710. The fourth-order valence-corrected chi connectivity index (χ4v) is 3.85. The molecule has 2 fully saturated rings. The van der Waals surface area contributed by atoms with E-state index >= 15 is 0 Å². The van der Waals surface area contributed by atoms with Crippen molar-refractivity contribution in [3.63, 3.8) is 0 Å². The fraction of sp³-hybridized carbons (Fsp3) is 0.812. The van der Waals surface area contributed by atoms with Gasteiger partial charge in [0.05, 0.1) is 5.60 Å². The standard InChI is InChI=1S/C16H27N3O/c1-13-10-17-15(18-13)14-6-5-9-19(11-14)12-16(20)7-3-2-4-8-16/h10,14,20H,2-9,11-12H2,1H3,(H,17,18)/t14-/m1/s1. The topological polar surface area (TPSA) is 52.1 Å². The van der Waals surface area contributed by atoms with Crippen LogP contribution in [0.2, 0.25) is 0 Å². The van der Waals surface area contributed by atoms with Crippen LogP contribution >= 0.6 is 0 Å². The largest absolute Gasteiger partial charge is 0.389 e. The van der Waals surface area contributed by atoms with Gasteiger partial charge in [0.1, 0.15) is 5.82 Å². The lowest BCUT2D eigenvalue weighted by Gasteiger charge is -2.40. The molecule has 1 aliphatic carbocycles. The van der Waals surface area contributed by atoms with E-state index in [0.717, 1.165) is 44.0 Å². The minimum atomic E-state index is -0.431. The lowest BCUT2D eigenvalue weighted by molar-refractivity contribution is -0.0315. The van der Waals surface area contributed by atoms with Gasteiger partial charge in [-0.15, -0.1) is 0 Å². The van der Waals surface area contributed by atoms with Gasteiger partial charge in [0, 0.05) is 30.9 Å². The summed E-state index contributed by atoms with van der Waals surface area (Å²) in [5.74, 6) is 1.63. The van der Waals surface area contributed by atoms with Crippen LogP contribution in [-0.4, -0.2) is 45.2 Å². The lowest BCUT2D eigenvalue weighted by atomic mass is 9.83. The number of H-pyrrole nitrogens is 1. The Morgan fingerprint density at radius 3 is 2.85 bits per heavy atom. The minimum Gasteiger partial charge on any atom is -0.389 e. The molecule has 1 aromatic heterocycles. The van der Waals surface area contributed by atoms with Gasteiger partial charge in [-0.2, -0.15) is 0 Å². The number of aromatic nitrogens is 2. The van der Waals surface area contributed by atoms with Gasteiger partial charge >= 0.3 is 0 Å². The Balaban J connectivity index is 1.60. The smallest absolute Gasteiger partial charge is 0.110 e. The van der Waals surface area contributed by atoms with Crippen molar-refractivity contribution in [3.8, 4) is 0 Å². The monoisotopic (exact) mass is 277 g/mol. The average molecular weight is 277 g/mol. The Kier molecular flexibility index (Phi) is 4.13. The van der Waals surface area contributed by atoms with Gasteiger partial charge in [0.15, 0.2) is 0 Å². The van der Waals surface area contributed by atoms with Crippen LogP contribution in [0.1, 0.15) is 62.4 Å². The number of hydrogen-bond donors (Lipinski definition) is 2. The second kappa shape index (κ2) is 5.86. The number of aromatic amines is 1. The van der Waals surface area contributed by atoms with Gasteiger partial charge in [-0.3, -0.25) is 4.90 Å². The number of nitrogens with zero attached hydrogens (tertiary/aromatic N) is 2. The summed E-state index contributed by atoms with van der Waals surface area (Å²) < 4.78 is 0. The van der Waals surface area contributed by atoms with E-state index in [4.69, 9.17) is 0 Å². The summed E-state index contributed by atoms with van der Waals surface area (Å²) in [4.78, 5) is 10.3. The maximum Gasteiger partial charge on any atom is 0.110 e. The first kappa shape index (κ1) is 14.1. The molecular weight excluding hydrogens is 250 g/mol. The molecule has 2 N–H and O–H groups in total. The van der Waals surface area contributed by atoms with E-state index in [0.29, 0.717) is 5.92 Å². The van der Waals surface area contributed by atoms with E-state index in [9.17, 15) is 5.11 Å². The molecule has 2 aliphatic rings. The maximum absolute atomic E-state index is 10.7. The molecule has 0 radical (unpaired) electrons. The van der Waals surface area contributed by atoms with Crippen molar-refractivity contribution in [2.75, 3.05) is 19.6 Å². The van der Waals surface area contributed by atoms with Gasteiger partial charge in [-0.05, 0) is 39.2 Å². The molecule has 20 heavy (non-hydrogen) atoms. The third-order valence-electron chi connectivity index (χ3n) is 4.92. The van der Waals surface area contributed by atoms with Crippen molar-refractivity contribution < 1.29 is 5.11 Å². The number of likely N-dealkylation sites (tertiary alicyclic amines) is 1. The van der Waals surface area contributed by atoms with Crippen molar-refractivity contribution in [2.24, 2.45) is 0 Å². The maximum atomic E-state index is 10.7. The van der Waals surface area contributed by atoms with Crippen LogP contribution in [0.4, 0.5) is 0 Å². The van der Waals surface area contributed by atoms with Crippen molar-refractivity contribution in [3.05, 3.63) is 17.7 Å². The highest BCUT2D eigenvalue weighted by molar-refractivity contribution is 5.06. The van der Waals surface area contributed by atoms with Gasteiger partial charge in [0.2, 0.25) is 0 Å². The first-order valence-electron chi connectivity index (χ1n) is 8.11. The zero-order valence-electron chi connectivity index (χ0n) is 12.6.